The molecule has 0 N–H and O–H groups in total. The number of aryl methyl sites for hydroxylation is 1. The van der Waals surface area contributed by atoms with E-state index in [0.717, 1.165) is 52.0 Å². The van der Waals surface area contributed by atoms with Gasteiger partial charge < -0.3 is 14.7 Å². The number of aromatic nitrogens is 3. The first-order valence-corrected chi connectivity index (χ1v) is 9.50. The number of likely N-dealkylation sites (N-methyl/N-ethyl adjacent to an activating group) is 1. The fourth-order valence-corrected chi connectivity index (χ4v) is 4.10. The van der Waals surface area contributed by atoms with Crippen LogP contribution in [-0.2, 0) is 16.1 Å². The number of rotatable bonds is 6. The molecular weight excluding hydrogens is 332 g/mol. The van der Waals surface area contributed by atoms with Crippen molar-refractivity contribution < 1.29 is 9.59 Å². The number of likely N-dealkylation sites (tertiary alicyclic amines) is 2. The zero-order valence-electron chi connectivity index (χ0n) is 15.9. The second-order valence-corrected chi connectivity index (χ2v) is 7.95. The van der Waals surface area contributed by atoms with Gasteiger partial charge >= 0.3 is 0 Å². The molecule has 1 unspecified atom stereocenters. The fourth-order valence-electron chi connectivity index (χ4n) is 4.10. The molecule has 144 valence electrons. The van der Waals surface area contributed by atoms with Gasteiger partial charge in [0, 0.05) is 51.0 Å². The number of amides is 2. The summed E-state index contributed by atoms with van der Waals surface area (Å²) >= 11 is 0. The molecular formula is C18H30N6O2. The molecule has 0 aromatic carbocycles. The van der Waals surface area contributed by atoms with E-state index in [2.05, 4.69) is 15.0 Å². The van der Waals surface area contributed by atoms with Crippen LogP contribution in [0.5, 0.6) is 0 Å². The Balaban J connectivity index is 1.57. The largest absolute Gasteiger partial charge is 0.342 e. The summed E-state index contributed by atoms with van der Waals surface area (Å²) in [5, 5.41) is 4.06. The smallest absolute Gasteiger partial charge is 0.224 e. The summed E-state index contributed by atoms with van der Waals surface area (Å²) in [5.74, 6) is 0.434. The van der Waals surface area contributed by atoms with Gasteiger partial charge in [0.15, 0.2) is 0 Å². The van der Waals surface area contributed by atoms with E-state index < -0.39 is 0 Å². The lowest BCUT2D eigenvalue weighted by Crippen LogP contribution is -2.55. The molecule has 8 heteroatoms. The lowest BCUT2D eigenvalue weighted by molar-refractivity contribution is -0.143. The van der Waals surface area contributed by atoms with Gasteiger partial charge in [-0.25, -0.2) is 4.98 Å². The highest BCUT2D eigenvalue weighted by Crippen LogP contribution is 2.39. The summed E-state index contributed by atoms with van der Waals surface area (Å²) in [7, 11) is 4.06. The van der Waals surface area contributed by atoms with Crippen molar-refractivity contribution in [2.24, 2.45) is 5.41 Å². The minimum absolute atomic E-state index is 0.0708. The van der Waals surface area contributed by atoms with E-state index in [0.29, 0.717) is 19.4 Å². The molecule has 2 fully saturated rings. The predicted octanol–water partition coefficient (Wildman–Crippen LogP) is 0.461. The van der Waals surface area contributed by atoms with Gasteiger partial charge in [0.1, 0.15) is 12.7 Å². The molecule has 0 bridgehead atoms. The highest BCUT2D eigenvalue weighted by molar-refractivity contribution is 5.78. The minimum Gasteiger partial charge on any atom is -0.342 e. The molecule has 1 atom stereocenters. The number of carbonyl (C=O) groups excluding carboxylic acids is 2. The first kappa shape index (κ1) is 18.8. The number of nitrogens with zero attached hydrogens (tertiary/aromatic N) is 6. The van der Waals surface area contributed by atoms with Crippen LogP contribution >= 0.6 is 0 Å². The Kier molecular flexibility index (Phi) is 5.90. The second kappa shape index (κ2) is 8.16. The van der Waals surface area contributed by atoms with Crippen molar-refractivity contribution >= 4 is 11.8 Å². The highest BCUT2D eigenvalue weighted by Gasteiger charge is 2.42. The number of piperidine rings is 2. The SMILES string of the molecule is CN(C)CCN1CC2(CCCN(C(=O)CCn3cncn3)C2)CCC1=O. The van der Waals surface area contributed by atoms with Crippen LogP contribution in [0.1, 0.15) is 32.1 Å². The van der Waals surface area contributed by atoms with Gasteiger partial charge in [-0.15, -0.1) is 0 Å². The average molecular weight is 362 g/mol. The maximum absolute atomic E-state index is 12.7. The van der Waals surface area contributed by atoms with Crippen molar-refractivity contribution in [3.8, 4) is 0 Å². The third-order valence-electron chi connectivity index (χ3n) is 5.60. The maximum atomic E-state index is 12.7. The highest BCUT2D eigenvalue weighted by atomic mass is 16.2. The van der Waals surface area contributed by atoms with Gasteiger partial charge in [-0.3, -0.25) is 14.3 Å². The molecule has 3 heterocycles. The molecule has 0 radical (unpaired) electrons. The molecule has 1 aromatic rings. The third kappa shape index (κ3) is 4.60. The lowest BCUT2D eigenvalue weighted by Gasteiger charge is -2.48. The molecule has 8 nitrogen and oxygen atoms in total. The topological polar surface area (TPSA) is 74.6 Å². The maximum Gasteiger partial charge on any atom is 0.224 e. The molecule has 2 aliphatic rings. The Hall–Kier alpha value is -1.96. The van der Waals surface area contributed by atoms with Gasteiger partial charge in [-0.1, -0.05) is 0 Å². The van der Waals surface area contributed by atoms with E-state index in [-0.39, 0.29) is 17.2 Å². The number of hydrogen-bond acceptors (Lipinski definition) is 5. The Morgan fingerprint density at radius 2 is 2.12 bits per heavy atom. The Morgan fingerprint density at radius 1 is 1.27 bits per heavy atom. The van der Waals surface area contributed by atoms with Crippen LogP contribution in [-0.4, -0.2) is 88.1 Å². The van der Waals surface area contributed by atoms with Crippen LogP contribution in [0.15, 0.2) is 12.7 Å². The van der Waals surface area contributed by atoms with E-state index in [1.165, 1.54) is 6.33 Å². The zero-order chi connectivity index (χ0) is 18.6. The molecule has 2 amide bonds. The summed E-state index contributed by atoms with van der Waals surface area (Å²) in [4.78, 5) is 35.0. The molecule has 1 aromatic heterocycles. The normalized spacial score (nSPS) is 23.9. The summed E-state index contributed by atoms with van der Waals surface area (Å²) in [6.45, 7) is 4.59. The lowest BCUT2D eigenvalue weighted by atomic mass is 9.73. The van der Waals surface area contributed by atoms with Crippen molar-refractivity contribution in [2.75, 3.05) is 46.8 Å². The van der Waals surface area contributed by atoms with Crippen LogP contribution in [0.25, 0.3) is 0 Å². The van der Waals surface area contributed by atoms with Gasteiger partial charge in [0.05, 0.1) is 6.54 Å². The van der Waals surface area contributed by atoms with Crippen LogP contribution in [0.3, 0.4) is 0 Å². The van der Waals surface area contributed by atoms with Crippen molar-refractivity contribution in [1.29, 1.82) is 0 Å². The summed E-state index contributed by atoms with van der Waals surface area (Å²) in [6, 6.07) is 0. The molecule has 0 aliphatic carbocycles. The zero-order valence-corrected chi connectivity index (χ0v) is 15.9. The van der Waals surface area contributed by atoms with Gasteiger partial charge in [-0.05, 0) is 33.4 Å². The van der Waals surface area contributed by atoms with Gasteiger partial charge in [0.25, 0.3) is 0 Å². The first-order valence-electron chi connectivity index (χ1n) is 9.50. The van der Waals surface area contributed by atoms with Crippen molar-refractivity contribution in [3.63, 3.8) is 0 Å². The Labute approximate surface area is 155 Å². The molecule has 3 rings (SSSR count). The molecule has 1 spiro atoms. The van der Waals surface area contributed by atoms with Gasteiger partial charge in [0.2, 0.25) is 11.8 Å². The van der Waals surface area contributed by atoms with E-state index in [4.69, 9.17) is 0 Å². The minimum atomic E-state index is 0.0708. The summed E-state index contributed by atoms with van der Waals surface area (Å²) in [5.41, 5.74) is 0.0708. The first-order chi connectivity index (χ1) is 12.5. The summed E-state index contributed by atoms with van der Waals surface area (Å²) in [6.07, 6.45) is 7.20. The van der Waals surface area contributed by atoms with E-state index in [1.807, 2.05) is 23.9 Å². The third-order valence-corrected chi connectivity index (χ3v) is 5.60. The standard InChI is InChI=1S/C18H30N6O2/c1-21(2)10-11-23-13-18(7-4-16(23)25)6-3-8-22(12-18)17(26)5-9-24-15-19-14-20-24/h14-15H,3-13H2,1-2H3. The predicted molar refractivity (Wildman–Crippen MR) is 97.3 cm³/mol. The van der Waals surface area contributed by atoms with Crippen molar-refractivity contribution in [3.05, 3.63) is 12.7 Å². The van der Waals surface area contributed by atoms with Gasteiger partial charge in [-0.2, -0.15) is 5.10 Å². The summed E-state index contributed by atoms with van der Waals surface area (Å²) < 4.78 is 1.69. The average Bonchev–Trinajstić information content (AvgIpc) is 3.14. The van der Waals surface area contributed by atoms with E-state index in [1.54, 1.807) is 11.0 Å². The molecule has 2 aliphatic heterocycles. The Morgan fingerprint density at radius 3 is 2.85 bits per heavy atom. The quantitative estimate of drug-likeness (QED) is 0.735. The monoisotopic (exact) mass is 362 g/mol. The van der Waals surface area contributed by atoms with E-state index in [9.17, 15) is 9.59 Å². The number of hydrogen-bond donors (Lipinski definition) is 0. The molecule has 0 saturated carbocycles. The van der Waals surface area contributed by atoms with Crippen LogP contribution in [0, 0.1) is 5.41 Å². The number of carbonyl (C=O) groups is 2. The van der Waals surface area contributed by atoms with Crippen LogP contribution < -0.4 is 0 Å². The van der Waals surface area contributed by atoms with Crippen LogP contribution in [0.2, 0.25) is 0 Å². The van der Waals surface area contributed by atoms with E-state index >= 15 is 0 Å². The molecule has 2 saturated heterocycles. The fraction of sp³-hybridized carbons (Fsp3) is 0.778. The van der Waals surface area contributed by atoms with Crippen molar-refractivity contribution in [1.82, 2.24) is 29.5 Å². The Bertz CT molecular complexity index is 617. The van der Waals surface area contributed by atoms with Crippen LogP contribution in [0.4, 0.5) is 0 Å². The van der Waals surface area contributed by atoms with Crippen molar-refractivity contribution in [2.45, 2.75) is 38.6 Å². The molecule has 26 heavy (non-hydrogen) atoms. The second-order valence-electron chi connectivity index (χ2n) is 7.95.